The van der Waals surface area contributed by atoms with Crippen molar-refractivity contribution in [1.29, 1.82) is 0 Å². The summed E-state index contributed by atoms with van der Waals surface area (Å²) in [4.78, 5) is 33.9. The van der Waals surface area contributed by atoms with Gasteiger partial charge < -0.3 is 4.74 Å². The summed E-state index contributed by atoms with van der Waals surface area (Å²) in [6, 6.07) is 0. The molecule has 0 aromatic carbocycles. The van der Waals surface area contributed by atoms with E-state index in [1.54, 1.807) is 0 Å². The van der Waals surface area contributed by atoms with Crippen LogP contribution < -0.4 is 0 Å². The van der Waals surface area contributed by atoms with E-state index in [0.29, 0.717) is 0 Å². The van der Waals surface area contributed by atoms with Crippen molar-refractivity contribution >= 4 is 18.0 Å². The standard InChI is InChI=1S/C9H11NO4/c1-5(2)4-7-8(12)14-9(13)10(7)6(3)11/h4-5H,1-3H3/b7-4-. The highest BCUT2D eigenvalue weighted by Crippen LogP contribution is 2.19. The minimum absolute atomic E-state index is 0.0116. The first kappa shape index (κ1) is 10.4. The Morgan fingerprint density at radius 1 is 1.43 bits per heavy atom. The summed E-state index contributed by atoms with van der Waals surface area (Å²) in [6.07, 6.45) is 0.601. The van der Waals surface area contributed by atoms with Gasteiger partial charge in [0.1, 0.15) is 5.70 Å². The maximum absolute atomic E-state index is 11.1. The fourth-order valence-corrected chi connectivity index (χ4v) is 1.12. The number of amides is 2. The van der Waals surface area contributed by atoms with Gasteiger partial charge in [-0.2, -0.15) is 0 Å². The summed E-state index contributed by atoms with van der Waals surface area (Å²) in [5.41, 5.74) is 0.0116. The van der Waals surface area contributed by atoms with Gasteiger partial charge in [0.2, 0.25) is 5.91 Å². The molecule has 0 unspecified atom stereocenters. The highest BCUT2D eigenvalue weighted by atomic mass is 16.6. The zero-order chi connectivity index (χ0) is 10.9. The Bertz CT molecular complexity index is 330. The SMILES string of the molecule is CC(=O)N1C(=O)OC(=O)/C1=C/C(C)C. The number of esters is 1. The molecule has 0 bridgehead atoms. The van der Waals surface area contributed by atoms with Gasteiger partial charge in [-0.15, -0.1) is 0 Å². The van der Waals surface area contributed by atoms with Gasteiger partial charge in [0.05, 0.1) is 0 Å². The van der Waals surface area contributed by atoms with Crippen LogP contribution in [0, 0.1) is 5.92 Å². The third-order valence-electron chi connectivity index (χ3n) is 1.62. The molecule has 1 heterocycles. The molecule has 5 heteroatoms. The van der Waals surface area contributed by atoms with Gasteiger partial charge in [0.25, 0.3) is 0 Å². The van der Waals surface area contributed by atoms with Crippen molar-refractivity contribution in [2.75, 3.05) is 0 Å². The molecular formula is C9H11NO4. The molecule has 76 valence electrons. The average Bonchev–Trinajstić information content (AvgIpc) is 2.25. The molecule has 0 aromatic rings. The number of hydrogen-bond acceptors (Lipinski definition) is 4. The van der Waals surface area contributed by atoms with Crippen molar-refractivity contribution in [1.82, 2.24) is 4.90 Å². The smallest absolute Gasteiger partial charge is 0.371 e. The first-order valence-corrected chi connectivity index (χ1v) is 4.22. The maximum Gasteiger partial charge on any atom is 0.429 e. The molecule has 0 aliphatic carbocycles. The predicted octanol–water partition coefficient (Wildman–Crippen LogP) is 1.05. The number of cyclic esters (lactones) is 2. The van der Waals surface area contributed by atoms with E-state index in [0.717, 1.165) is 4.90 Å². The van der Waals surface area contributed by atoms with Gasteiger partial charge in [0, 0.05) is 6.92 Å². The molecular weight excluding hydrogens is 186 g/mol. The topological polar surface area (TPSA) is 63.7 Å². The van der Waals surface area contributed by atoms with E-state index in [1.807, 2.05) is 13.8 Å². The first-order chi connectivity index (χ1) is 6.43. The summed E-state index contributed by atoms with van der Waals surface area (Å²) in [5.74, 6) is -1.23. The Balaban J connectivity index is 3.07. The van der Waals surface area contributed by atoms with Crippen molar-refractivity contribution in [3.63, 3.8) is 0 Å². The Kier molecular flexibility index (Phi) is 2.69. The van der Waals surface area contributed by atoms with Crippen LogP contribution in [0.4, 0.5) is 4.79 Å². The first-order valence-electron chi connectivity index (χ1n) is 4.22. The van der Waals surface area contributed by atoms with E-state index in [2.05, 4.69) is 4.74 Å². The Morgan fingerprint density at radius 3 is 2.43 bits per heavy atom. The molecule has 2 amide bonds. The number of nitrogens with zero attached hydrogens (tertiary/aromatic N) is 1. The van der Waals surface area contributed by atoms with Gasteiger partial charge in [-0.05, 0) is 12.0 Å². The van der Waals surface area contributed by atoms with Crippen LogP contribution in [-0.2, 0) is 14.3 Å². The summed E-state index contributed by atoms with van der Waals surface area (Å²) in [5, 5.41) is 0. The average molecular weight is 197 g/mol. The van der Waals surface area contributed by atoms with Crippen LogP contribution >= 0.6 is 0 Å². The molecule has 0 spiro atoms. The van der Waals surface area contributed by atoms with E-state index in [-0.39, 0.29) is 11.6 Å². The Morgan fingerprint density at radius 2 is 2.00 bits per heavy atom. The quantitative estimate of drug-likeness (QED) is 0.358. The van der Waals surface area contributed by atoms with Crippen LogP contribution in [0.15, 0.2) is 11.8 Å². The lowest BCUT2D eigenvalue weighted by Gasteiger charge is -2.08. The second kappa shape index (κ2) is 3.61. The molecule has 14 heavy (non-hydrogen) atoms. The van der Waals surface area contributed by atoms with E-state index < -0.39 is 18.0 Å². The summed E-state index contributed by atoms with van der Waals surface area (Å²) < 4.78 is 4.31. The third kappa shape index (κ3) is 1.81. The van der Waals surface area contributed by atoms with Gasteiger partial charge in [-0.1, -0.05) is 13.8 Å². The molecule has 0 atom stereocenters. The fraction of sp³-hybridized carbons (Fsp3) is 0.444. The van der Waals surface area contributed by atoms with E-state index in [9.17, 15) is 14.4 Å². The fourth-order valence-electron chi connectivity index (χ4n) is 1.12. The van der Waals surface area contributed by atoms with Crippen LogP contribution in [-0.4, -0.2) is 22.9 Å². The number of ether oxygens (including phenoxy) is 1. The van der Waals surface area contributed by atoms with Crippen molar-refractivity contribution in [2.45, 2.75) is 20.8 Å². The monoisotopic (exact) mass is 197 g/mol. The predicted molar refractivity (Wildman–Crippen MR) is 46.9 cm³/mol. The molecule has 1 aliphatic heterocycles. The lowest BCUT2D eigenvalue weighted by Crippen LogP contribution is -2.28. The van der Waals surface area contributed by atoms with Crippen molar-refractivity contribution in [3.05, 3.63) is 11.8 Å². The number of carbonyl (C=O) groups is 3. The number of allylic oxidation sites excluding steroid dienone is 1. The largest absolute Gasteiger partial charge is 0.429 e. The van der Waals surface area contributed by atoms with Crippen LogP contribution in [0.25, 0.3) is 0 Å². The van der Waals surface area contributed by atoms with E-state index in [1.165, 1.54) is 13.0 Å². The normalized spacial score (nSPS) is 19.4. The molecule has 0 N–H and O–H groups in total. The zero-order valence-electron chi connectivity index (χ0n) is 8.23. The second-order valence-electron chi connectivity index (χ2n) is 3.31. The third-order valence-corrected chi connectivity index (χ3v) is 1.62. The van der Waals surface area contributed by atoms with Crippen LogP contribution in [0.1, 0.15) is 20.8 Å². The summed E-state index contributed by atoms with van der Waals surface area (Å²) in [6.45, 7) is 4.87. The van der Waals surface area contributed by atoms with E-state index in [4.69, 9.17) is 0 Å². The van der Waals surface area contributed by atoms with Crippen LogP contribution in [0.5, 0.6) is 0 Å². The zero-order valence-corrected chi connectivity index (χ0v) is 8.23. The van der Waals surface area contributed by atoms with Gasteiger partial charge in [-0.25, -0.2) is 14.5 Å². The van der Waals surface area contributed by atoms with Gasteiger partial charge in [0.15, 0.2) is 0 Å². The molecule has 5 nitrogen and oxygen atoms in total. The van der Waals surface area contributed by atoms with E-state index >= 15 is 0 Å². The Hall–Kier alpha value is -1.65. The molecule has 1 aliphatic rings. The molecule has 0 radical (unpaired) electrons. The van der Waals surface area contributed by atoms with Crippen molar-refractivity contribution in [3.8, 4) is 0 Å². The van der Waals surface area contributed by atoms with Crippen LogP contribution in [0.2, 0.25) is 0 Å². The summed E-state index contributed by atoms with van der Waals surface area (Å²) in [7, 11) is 0. The maximum atomic E-state index is 11.1. The Labute approximate surface area is 81.3 Å². The minimum Gasteiger partial charge on any atom is -0.371 e. The molecule has 0 saturated carbocycles. The summed E-state index contributed by atoms with van der Waals surface area (Å²) >= 11 is 0. The molecule has 1 fully saturated rings. The van der Waals surface area contributed by atoms with Crippen molar-refractivity contribution in [2.24, 2.45) is 5.92 Å². The van der Waals surface area contributed by atoms with Crippen LogP contribution in [0.3, 0.4) is 0 Å². The molecule has 1 rings (SSSR count). The molecule has 1 saturated heterocycles. The van der Waals surface area contributed by atoms with Crippen molar-refractivity contribution < 1.29 is 19.1 Å². The number of rotatable bonds is 1. The lowest BCUT2D eigenvalue weighted by atomic mass is 10.2. The van der Waals surface area contributed by atoms with Gasteiger partial charge in [-0.3, -0.25) is 4.79 Å². The number of carbonyl (C=O) groups excluding carboxylic acids is 3. The lowest BCUT2D eigenvalue weighted by molar-refractivity contribution is -0.131. The number of imide groups is 1. The molecule has 0 aromatic heterocycles. The number of hydrogen-bond donors (Lipinski definition) is 0. The highest BCUT2D eigenvalue weighted by molar-refractivity contribution is 6.11. The van der Waals surface area contributed by atoms with Gasteiger partial charge >= 0.3 is 12.1 Å². The highest BCUT2D eigenvalue weighted by Gasteiger charge is 2.38. The second-order valence-corrected chi connectivity index (χ2v) is 3.31. The minimum atomic E-state index is -0.922.